The lowest BCUT2D eigenvalue weighted by atomic mass is 10.1. The third kappa shape index (κ3) is 6.79. The van der Waals surface area contributed by atoms with Crippen LogP contribution in [-0.4, -0.2) is 58.8 Å². The van der Waals surface area contributed by atoms with Gasteiger partial charge in [-0.1, -0.05) is 18.2 Å². The van der Waals surface area contributed by atoms with Gasteiger partial charge in [0, 0.05) is 12.6 Å². The predicted octanol–water partition coefficient (Wildman–Crippen LogP) is -0.0844. The number of allylic oxidation sites excluding steroid dienone is 2. The second-order valence-electron chi connectivity index (χ2n) is 5.22. The van der Waals surface area contributed by atoms with Gasteiger partial charge in [-0.15, -0.1) is 0 Å². The van der Waals surface area contributed by atoms with Gasteiger partial charge >= 0.3 is 11.9 Å². The molecule has 0 amide bonds. The average Bonchev–Trinajstić information content (AvgIpc) is 2.49. The molecule has 0 radical (unpaired) electrons. The molecular formula is C13H18NO8PS. The van der Waals surface area contributed by atoms with Crippen LogP contribution in [0.1, 0.15) is 12.8 Å². The van der Waals surface area contributed by atoms with Gasteiger partial charge in [-0.2, -0.15) is 8.42 Å². The molecule has 0 saturated heterocycles. The summed E-state index contributed by atoms with van der Waals surface area (Å²) in [4.78, 5) is 31.5. The Balaban J connectivity index is 2.71. The number of carboxylic acid groups (broad SMARTS) is 2. The van der Waals surface area contributed by atoms with E-state index in [-0.39, 0.29) is 11.3 Å². The maximum atomic E-state index is 12.2. The number of carboxylic acids is 2. The highest BCUT2D eigenvalue weighted by molar-refractivity contribution is 7.73. The lowest BCUT2D eigenvalue weighted by Gasteiger charge is -2.20. The topological polar surface area (TPSA) is 158 Å². The Morgan fingerprint density at radius 3 is 2.50 bits per heavy atom. The minimum absolute atomic E-state index is 0.00170. The summed E-state index contributed by atoms with van der Waals surface area (Å²) in [5.41, 5.74) is 0. The second kappa shape index (κ2) is 8.93. The smallest absolute Gasteiger partial charge is 0.307 e. The zero-order valence-corrected chi connectivity index (χ0v) is 14.2. The zero-order valence-electron chi connectivity index (χ0n) is 12.5. The summed E-state index contributed by atoms with van der Waals surface area (Å²) in [6.07, 6.45) is 4.15. The van der Waals surface area contributed by atoms with E-state index in [4.69, 9.17) is 10.2 Å². The monoisotopic (exact) mass is 379 g/mol. The molecule has 1 aliphatic rings. The quantitative estimate of drug-likeness (QED) is 0.317. The molecule has 0 aromatic carbocycles. The van der Waals surface area contributed by atoms with Crippen LogP contribution in [0.2, 0.25) is 0 Å². The maximum absolute atomic E-state index is 12.2. The lowest BCUT2D eigenvalue weighted by Crippen LogP contribution is -2.37. The van der Waals surface area contributed by atoms with Gasteiger partial charge in [0.05, 0.1) is 23.1 Å². The highest BCUT2D eigenvalue weighted by atomic mass is 32.2. The third-order valence-corrected chi connectivity index (χ3v) is 5.76. The van der Waals surface area contributed by atoms with E-state index in [1.807, 2.05) is 0 Å². The number of carbonyl (C=O) groups is 2. The van der Waals surface area contributed by atoms with E-state index < -0.39 is 60.4 Å². The van der Waals surface area contributed by atoms with E-state index in [2.05, 4.69) is 5.32 Å². The van der Waals surface area contributed by atoms with E-state index in [0.29, 0.717) is 0 Å². The molecule has 1 aliphatic carbocycles. The first-order valence-corrected chi connectivity index (χ1v) is 10.0. The van der Waals surface area contributed by atoms with Gasteiger partial charge in [-0.25, -0.2) is 0 Å². The molecule has 0 aromatic rings. The first-order chi connectivity index (χ1) is 11.1. The normalized spacial score (nSPS) is 20.4. The van der Waals surface area contributed by atoms with Gasteiger partial charge in [0.2, 0.25) is 17.7 Å². The molecule has 0 saturated carbocycles. The van der Waals surface area contributed by atoms with Gasteiger partial charge in [-0.3, -0.25) is 19.5 Å². The Morgan fingerprint density at radius 1 is 1.29 bits per heavy atom. The van der Waals surface area contributed by atoms with Crippen LogP contribution >= 0.6 is 7.37 Å². The predicted molar refractivity (Wildman–Crippen MR) is 86.7 cm³/mol. The van der Waals surface area contributed by atoms with Crippen LogP contribution in [0.5, 0.6) is 0 Å². The fourth-order valence-corrected chi connectivity index (χ4v) is 4.29. The minimum Gasteiger partial charge on any atom is -0.481 e. The molecule has 0 spiro atoms. The van der Waals surface area contributed by atoms with Crippen molar-refractivity contribution in [2.75, 3.05) is 12.4 Å². The molecule has 0 aliphatic heterocycles. The third-order valence-electron chi connectivity index (χ3n) is 3.29. The summed E-state index contributed by atoms with van der Waals surface area (Å²) in [5.74, 6) is -3.81. The van der Waals surface area contributed by atoms with Gasteiger partial charge in [-0.05, 0) is 12.5 Å². The maximum Gasteiger partial charge on any atom is 0.307 e. The molecule has 4 N–H and O–H groups in total. The second-order valence-corrected chi connectivity index (χ2v) is 8.53. The Kier molecular flexibility index (Phi) is 7.56. The van der Waals surface area contributed by atoms with Gasteiger partial charge in [0.25, 0.3) is 0 Å². The van der Waals surface area contributed by atoms with Crippen molar-refractivity contribution in [1.29, 1.82) is 0 Å². The molecule has 1 rings (SSSR count). The molecule has 11 heteroatoms. The van der Waals surface area contributed by atoms with Crippen molar-refractivity contribution in [3.63, 3.8) is 0 Å². The van der Waals surface area contributed by atoms with Gasteiger partial charge in [0.15, 0.2) is 0 Å². The Morgan fingerprint density at radius 2 is 1.96 bits per heavy atom. The van der Waals surface area contributed by atoms with Crippen molar-refractivity contribution in [3.8, 4) is 0 Å². The van der Waals surface area contributed by atoms with Crippen LogP contribution in [-0.2, 0) is 24.4 Å². The van der Waals surface area contributed by atoms with Crippen LogP contribution in [0.15, 0.2) is 24.3 Å². The molecule has 0 bridgehead atoms. The summed E-state index contributed by atoms with van der Waals surface area (Å²) in [5, 5.41) is 20.2. The van der Waals surface area contributed by atoms with Crippen LogP contribution in [0.4, 0.5) is 0 Å². The van der Waals surface area contributed by atoms with Crippen LogP contribution < -0.4 is 5.32 Å². The van der Waals surface area contributed by atoms with Crippen molar-refractivity contribution < 1.29 is 37.7 Å². The standard InChI is InChI=1S/C13H18NO8PS/c15-12(16)6-5-9(13(17)18)7-23(19,20)8-14-10-3-1-2-4-11(10)24(21)22/h1-4,9-10,14H,5-8H2,(H,15,16)(H,17,18)(H,19,20). The van der Waals surface area contributed by atoms with E-state index in [0.717, 1.165) is 0 Å². The number of hydrogen-bond donors (Lipinski definition) is 4. The van der Waals surface area contributed by atoms with E-state index in [9.17, 15) is 27.5 Å². The number of aliphatic carboxylic acids is 2. The summed E-state index contributed by atoms with van der Waals surface area (Å²) in [6, 6.07) is -0.781. The molecule has 0 fully saturated rings. The highest BCUT2D eigenvalue weighted by Crippen LogP contribution is 2.42. The van der Waals surface area contributed by atoms with E-state index >= 15 is 0 Å². The largest absolute Gasteiger partial charge is 0.481 e. The Hall–Kier alpha value is -1.74. The van der Waals surface area contributed by atoms with E-state index in [1.165, 1.54) is 18.2 Å². The van der Waals surface area contributed by atoms with Gasteiger partial charge < -0.3 is 15.1 Å². The summed E-state index contributed by atoms with van der Waals surface area (Å²) in [7, 11) is -6.44. The molecule has 0 heterocycles. The molecule has 9 nitrogen and oxygen atoms in total. The minimum atomic E-state index is -3.94. The van der Waals surface area contributed by atoms with Crippen molar-refractivity contribution in [2.45, 2.75) is 18.9 Å². The summed E-state index contributed by atoms with van der Waals surface area (Å²) >= 11 is 0. The van der Waals surface area contributed by atoms with Crippen LogP contribution in [0, 0.1) is 5.92 Å². The molecule has 24 heavy (non-hydrogen) atoms. The average molecular weight is 379 g/mol. The van der Waals surface area contributed by atoms with E-state index in [1.54, 1.807) is 6.08 Å². The molecule has 0 aromatic heterocycles. The van der Waals surface area contributed by atoms with Crippen LogP contribution in [0.3, 0.4) is 0 Å². The molecule has 3 atom stereocenters. The fraction of sp³-hybridized carbons (Fsp3) is 0.462. The number of nitrogens with one attached hydrogen (secondary N) is 1. The van der Waals surface area contributed by atoms with Crippen molar-refractivity contribution >= 4 is 34.5 Å². The van der Waals surface area contributed by atoms with Crippen molar-refractivity contribution in [2.24, 2.45) is 5.92 Å². The zero-order chi connectivity index (χ0) is 18.3. The Bertz CT molecular complexity index is 731. The van der Waals surface area contributed by atoms with Crippen molar-refractivity contribution in [1.82, 2.24) is 5.32 Å². The van der Waals surface area contributed by atoms with Gasteiger partial charge in [0.1, 0.15) is 0 Å². The number of hydrogen-bond acceptors (Lipinski definition) is 6. The first kappa shape index (κ1) is 20.3. The molecular weight excluding hydrogens is 361 g/mol. The SMILES string of the molecule is O=C(O)CCC(CP(=O)(O)CNC1C=CC=CC1=S(=O)=O)C(=O)O. The summed E-state index contributed by atoms with van der Waals surface area (Å²) < 4.78 is 34.3. The fourth-order valence-electron chi connectivity index (χ4n) is 2.09. The molecule has 3 unspecified atom stereocenters. The molecule has 134 valence electrons. The van der Waals surface area contributed by atoms with Crippen molar-refractivity contribution in [3.05, 3.63) is 24.3 Å². The highest BCUT2D eigenvalue weighted by Gasteiger charge is 2.30. The first-order valence-electron chi connectivity index (χ1n) is 6.92. The Labute approximate surface area is 139 Å². The summed E-state index contributed by atoms with van der Waals surface area (Å²) in [6.45, 7) is 0. The lowest BCUT2D eigenvalue weighted by molar-refractivity contribution is -0.142. The number of rotatable bonds is 9. The van der Waals surface area contributed by atoms with Crippen LogP contribution in [0.25, 0.3) is 0 Å².